The summed E-state index contributed by atoms with van der Waals surface area (Å²) < 4.78 is 18.2. The van der Waals surface area contributed by atoms with Crippen LogP contribution in [-0.4, -0.2) is 21.0 Å². The van der Waals surface area contributed by atoms with Crippen molar-refractivity contribution in [1.29, 1.82) is 0 Å². The average Bonchev–Trinajstić information content (AvgIpc) is 2.43. The molecule has 0 unspecified atom stereocenters. The van der Waals surface area contributed by atoms with Crippen molar-refractivity contribution in [3.8, 4) is 11.6 Å². The first-order chi connectivity index (χ1) is 9.88. The molecule has 0 amide bonds. The number of aromatic carboxylic acids is 1. The van der Waals surface area contributed by atoms with Gasteiger partial charge in [0, 0.05) is 18.3 Å². The number of benzene rings is 1. The molecule has 0 bridgehead atoms. The minimum atomic E-state index is -1.36. The Morgan fingerprint density at radius 3 is 2.71 bits per heavy atom. The normalized spacial score (nSPS) is 10.2. The van der Waals surface area contributed by atoms with Crippen molar-refractivity contribution in [2.75, 3.05) is 0 Å². The van der Waals surface area contributed by atoms with E-state index in [-0.39, 0.29) is 16.3 Å². The number of nitrogens with zero attached hydrogens (tertiary/aromatic N) is 2. The van der Waals surface area contributed by atoms with Gasteiger partial charge in [0.15, 0.2) is 0 Å². The number of pyridine rings is 1. The van der Waals surface area contributed by atoms with Crippen molar-refractivity contribution in [2.45, 2.75) is 0 Å². The van der Waals surface area contributed by atoms with Gasteiger partial charge < -0.3 is 9.84 Å². The van der Waals surface area contributed by atoms with Crippen LogP contribution in [0.3, 0.4) is 0 Å². The molecule has 0 atom stereocenters. The van der Waals surface area contributed by atoms with Crippen LogP contribution in [0.2, 0.25) is 5.02 Å². The third-order valence-corrected chi connectivity index (χ3v) is 2.67. The highest BCUT2D eigenvalue weighted by atomic mass is 35.5. The molecule has 0 saturated carbocycles. The number of carboxylic acid groups (broad SMARTS) is 1. The van der Waals surface area contributed by atoms with Crippen molar-refractivity contribution in [3.05, 3.63) is 57.0 Å². The van der Waals surface area contributed by atoms with Crippen LogP contribution < -0.4 is 4.74 Å². The number of hydrogen-bond donors (Lipinski definition) is 1. The Morgan fingerprint density at radius 1 is 1.43 bits per heavy atom. The number of nitro groups is 1. The number of carboxylic acids is 1. The van der Waals surface area contributed by atoms with E-state index >= 15 is 0 Å². The van der Waals surface area contributed by atoms with Gasteiger partial charge in [0.2, 0.25) is 0 Å². The molecule has 0 saturated heterocycles. The molecule has 21 heavy (non-hydrogen) atoms. The van der Waals surface area contributed by atoms with E-state index in [4.69, 9.17) is 21.4 Å². The second-order valence-corrected chi connectivity index (χ2v) is 4.20. The predicted molar refractivity (Wildman–Crippen MR) is 69.3 cm³/mol. The van der Waals surface area contributed by atoms with E-state index < -0.39 is 28.3 Å². The zero-order valence-electron chi connectivity index (χ0n) is 10.1. The molecule has 0 aliphatic heterocycles. The van der Waals surface area contributed by atoms with Gasteiger partial charge in [-0.1, -0.05) is 11.6 Å². The van der Waals surface area contributed by atoms with Gasteiger partial charge in [0.05, 0.1) is 15.5 Å². The van der Waals surface area contributed by atoms with Crippen molar-refractivity contribution in [3.63, 3.8) is 0 Å². The third-order valence-electron chi connectivity index (χ3n) is 2.38. The first-order valence-corrected chi connectivity index (χ1v) is 5.77. The molecular weight excluding hydrogens is 307 g/mol. The summed E-state index contributed by atoms with van der Waals surface area (Å²) in [6, 6.07) is 4.16. The van der Waals surface area contributed by atoms with E-state index in [1.807, 2.05) is 0 Å². The van der Waals surface area contributed by atoms with Crippen molar-refractivity contribution in [2.24, 2.45) is 0 Å². The summed E-state index contributed by atoms with van der Waals surface area (Å²) in [6.45, 7) is 0. The second kappa shape index (κ2) is 5.71. The number of halogens is 2. The van der Waals surface area contributed by atoms with Gasteiger partial charge in [-0.3, -0.25) is 10.1 Å². The minimum absolute atomic E-state index is 0.0278. The zero-order chi connectivity index (χ0) is 15.6. The molecule has 1 aromatic heterocycles. The lowest BCUT2D eigenvalue weighted by Gasteiger charge is -2.06. The topological polar surface area (TPSA) is 103 Å². The standard InChI is InChI=1S/C12H6ClFN2O5/c13-8-4-7(1-2-9(8)14)21-11-10(16(19)20)3-6(5-15-11)12(17)18/h1-5H,(H,17,18). The van der Waals surface area contributed by atoms with Crippen LogP contribution in [-0.2, 0) is 0 Å². The van der Waals surface area contributed by atoms with Crippen LogP contribution in [0.4, 0.5) is 10.1 Å². The summed E-state index contributed by atoms with van der Waals surface area (Å²) in [5.74, 6) is -2.43. The maximum Gasteiger partial charge on any atom is 0.337 e. The largest absolute Gasteiger partial charge is 0.478 e. The summed E-state index contributed by atoms with van der Waals surface area (Å²) >= 11 is 5.56. The molecule has 2 aromatic rings. The van der Waals surface area contributed by atoms with Gasteiger partial charge in [-0.2, -0.15) is 0 Å². The first kappa shape index (κ1) is 14.7. The Hall–Kier alpha value is -2.74. The molecule has 7 nitrogen and oxygen atoms in total. The Labute approximate surface area is 121 Å². The van der Waals surface area contributed by atoms with Crippen LogP contribution in [0.15, 0.2) is 30.5 Å². The first-order valence-electron chi connectivity index (χ1n) is 5.39. The molecule has 0 fully saturated rings. The number of aromatic nitrogens is 1. The van der Waals surface area contributed by atoms with Crippen LogP contribution in [0.25, 0.3) is 0 Å². The summed E-state index contributed by atoms with van der Waals surface area (Å²) in [7, 11) is 0. The van der Waals surface area contributed by atoms with Crippen LogP contribution in [0, 0.1) is 15.9 Å². The minimum Gasteiger partial charge on any atom is -0.478 e. The van der Waals surface area contributed by atoms with Crippen LogP contribution in [0.5, 0.6) is 11.6 Å². The number of ether oxygens (including phenoxy) is 1. The van der Waals surface area contributed by atoms with Gasteiger partial charge >= 0.3 is 11.7 Å². The lowest BCUT2D eigenvalue weighted by Crippen LogP contribution is -2.02. The lowest BCUT2D eigenvalue weighted by atomic mass is 10.2. The molecule has 108 valence electrons. The molecule has 1 N–H and O–H groups in total. The zero-order valence-corrected chi connectivity index (χ0v) is 10.9. The third kappa shape index (κ3) is 3.23. The highest BCUT2D eigenvalue weighted by molar-refractivity contribution is 6.30. The molecule has 9 heteroatoms. The van der Waals surface area contributed by atoms with E-state index in [0.29, 0.717) is 0 Å². The molecule has 0 spiro atoms. The van der Waals surface area contributed by atoms with E-state index in [1.165, 1.54) is 6.07 Å². The SMILES string of the molecule is O=C(O)c1cnc(Oc2ccc(F)c(Cl)c2)c([N+](=O)[O-])c1. The molecule has 0 aliphatic carbocycles. The lowest BCUT2D eigenvalue weighted by molar-refractivity contribution is -0.386. The molecule has 0 radical (unpaired) electrons. The van der Waals surface area contributed by atoms with Gasteiger partial charge in [-0.05, 0) is 12.1 Å². The summed E-state index contributed by atoms with van der Waals surface area (Å²) in [4.78, 5) is 24.4. The van der Waals surface area contributed by atoms with Crippen molar-refractivity contribution >= 4 is 23.3 Å². The van der Waals surface area contributed by atoms with E-state index in [1.54, 1.807) is 0 Å². The molecule has 1 heterocycles. The monoisotopic (exact) mass is 312 g/mol. The smallest absolute Gasteiger partial charge is 0.337 e. The summed E-state index contributed by atoms with van der Waals surface area (Å²) in [6.07, 6.45) is 0.912. The van der Waals surface area contributed by atoms with Crippen molar-refractivity contribution < 1.29 is 24.0 Å². The maximum atomic E-state index is 13.0. The van der Waals surface area contributed by atoms with E-state index in [2.05, 4.69) is 4.98 Å². The Morgan fingerprint density at radius 2 is 2.14 bits per heavy atom. The van der Waals surface area contributed by atoms with E-state index in [0.717, 1.165) is 24.4 Å². The molecule has 0 aliphatic rings. The number of carbonyl (C=O) groups is 1. The van der Waals surface area contributed by atoms with Crippen LogP contribution >= 0.6 is 11.6 Å². The van der Waals surface area contributed by atoms with Crippen molar-refractivity contribution in [1.82, 2.24) is 4.98 Å². The fraction of sp³-hybridized carbons (Fsp3) is 0. The number of rotatable bonds is 4. The second-order valence-electron chi connectivity index (χ2n) is 3.79. The predicted octanol–water partition coefficient (Wildman–Crippen LogP) is 3.27. The fourth-order valence-corrected chi connectivity index (χ4v) is 1.59. The van der Waals surface area contributed by atoms with E-state index in [9.17, 15) is 19.3 Å². The Kier molecular flexibility index (Phi) is 3.99. The molecular formula is C12H6ClFN2O5. The molecule has 2 rings (SSSR count). The maximum absolute atomic E-state index is 13.0. The quantitative estimate of drug-likeness (QED) is 0.686. The highest BCUT2D eigenvalue weighted by Crippen LogP contribution is 2.31. The van der Waals surface area contributed by atoms with Crippen LogP contribution in [0.1, 0.15) is 10.4 Å². The average molecular weight is 313 g/mol. The fourth-order valence-electron chi connectivity index (χ4n) is 1.42. The summed E-state index contributed by atoms with van der Waals surface area (Å²) in [5.41, 5.74) is -0.985. The summed E-state index contributed by atoms with van der Waals surface area (Å²) in [5, 5.41) is 19.5. The van der Waals surface area contributed by atoms with Gasteiger partial charge in [0.25, 0.3) is 5.88 Å². The Bertz CT molecular complexity index is 738. The van der Waals surface area contributed by atoms with Gasteiger partial charge in [0.1, 0.15) is 11.6 Å². The highest BCUT2D eigenvalue weighted by Gasteiger charge is 2.21. The Balaban J connectivity index is 2.41. The number of hydrogen-bond acceptors (Lipinski definition) is 5. The van der Waals surface area contributed by atoms with Gasteiger partial charge in [-0.15, -0.1) is 0 Å². The molecule has 1 aromatic carbocycles. The van der Waals surface area contributed by atoms with Gasteiger partial charge in [-0.25, -0.2) is 14.2 Å².